The van der Waals surface area contributed by atoms with Crippen LogP contribution in [0.3, 0.4) is 0 Å². The Morgan fingerprint density at radius 3 is 0.916 bits per heavy atom. The number of hydrogen-bond acceptors (Lipinski definition) is 15. The van der Waals surface area contributed by atoms with E-state index >= 15 is 0 Å². The van der Waals surface area contributed by atoms with Crippen LogP contribution in [-0.2, 0) is 65.4 Å². The summed E-state index contributed by atoms with van der Waals surface area (Å²) in [4.78, 5) is 71.7. The van der Waals surface area contributed by atoms with Gasteiger partial charge in [-0.05, 0) is 37.5 Å². The predicted octanol–water partition coefficient (Wildman–Crippen LogP) is 17.7. The Morgan fingerprint density at radius 1 is 0.349 bits per heavy atom. The van der Waals surface area contributed by atoms with Gasteiger partial charge >= 0.3 is 39.5 Å². The monoisotopic (exact) mass is 1230 g/mol. The Hall–Kier alpha value is -1.94. The summed E-state index contributed by atoms with van der Waals surface area (Å²) in [6.07, 6.45) is 39.7. The number of aliphatic hydroxyl groups excluding tert-OH is 1. The molecule has 0 fully saturated rings. The predicted molar refractivity (Wildman–Crippen MR) is 331 cm³/mol. The van der Waals surface area contributed by atoms with Crippen molar-refractivity contribution in [3.05, 3.63) is 0 Å². The number of aliphatic hydroxyl groups is 1. The number of phosphoric ester groups is 2. The quantitative estimate of drug-likeness (QED) is 0.0222. The van der Waals surface area contributed by atoms with Crippen LogP contribution in [0.2, 0.25) is 0 Å². The van der Waals surface area contributed by atoms with E-state index in [1.807, 2.05) is 0 Å². The van der Waals surface area contributed by atoms with Gasteiger partial charge in [0.1, 0.15) is 19.3 Å². The fraction of sp³-hybridized carbons (Fsp3) is 0.938. The van der Waals surface area contributed by atoms with Crippen LogP contribution in [-0.4, -0.2) is 96.7 Å². The van der Waals surface area contributed by atoms with Gasteiger partial charge in [-0.3, -0.25) is 37.3 Å². The van der Waals surface area contributed by atoms with Gasteiger partial charge in [0, 0.05) is 25.7 Å². The van der Waals surface area contributed by atoms with Crippen molar-refractivity contribution in [2.45, 2.75) is 336 Å². The fourth-order valence-corrected chi connectivity index (χ4v) is 11.1. The van der Waals surface area contributed by atoms with Gasteiger partial charge in [-0.1, -0.05) is 266 Å². The number of esters is 4. The van der Waals surface area contributed by atoms with E-state index in [1.165, 1.54) is 128 Å². The van der Waals surface area contributed by atoms with E-state index in [-0.39, 0.29) is 25.7 Å². The molecule has 0 aromatic heterocycles. The normalized spacial score (nSPS) is 14.6. The zero-order chi connectivity index (χ0) is 61.5. The highest BCUT2D eigenvalue weighted by Crippen LogP contribution is 2.45. The number of hydrogen-bond donors (Lipinski definition) is 3. The first-order valence-electron chi connectivity index (χ1n) is 33.5. The zero-order valence-electron chi connectivity index (χ0n) is 53.5. The molecule has 3 unspecified atom stereocenters. The molecule has 3 N–H and O–H groups in total. The van der Waals surface area contributed by atoms with Gasteiger partial charge in [0.05, 0.1) is 26.4 Å². The lowest BCUT2D eigenvalue weighted by Crippen LogP contribution is -2.30. The number of ether oxygens (including phenoxy) is 4. The van der Waals surface area contributed by atoms with Gasteiger partial charge < -0.3 is 33.8 Å². The van der Waals surface area contributed by atoms with Crippen molar-refractivity contribution in [2.24, 2.45) is 11.8 Å². The van der Waals surface area contributed by atoms with Crippen LogP contribution in [0, 0.1) is 11.8 Å². The van der Waals surface area contributed by atoms with E-state index in [1.54, 1.807) is 0 Å². The molecular formula is C64H124O17P2. The fourth-order valence-electron chi connectivity index (χ4n) is 9.50. The van der Waals surface area contributed by atoms with Crippen molar-refractivity contribution in [3.63, 3.8) is 0 Å². The number of phosphoric acid groups is 2. The molecule has 0 spiro atoms. The van der Waals surface area contributed by atoms with Gasteiger partial charge in [0.25, 0.3) is 0 Å². The standard InChI is InChI=1S/C64H124O17P2/c1-7-10-12-32-40-46-61(66)74-52-59(80-63(68)48-42-33-13-11-8-2)54-78-82(70,71)76-50-58(65)51-77-83(72,73)79-55-60(53-75-62(67)47-41-36-30-26-22-19-18-20-24-28-34-38-44-56(4)5)81-64(69)49-43-37-31-27-23-17-15-14-16-21-25-29-35-39-45-57(6)9-3/h56-60,65H,7-55H2,1-6H3,(H,70,71)(H,72,73)/t57?,58-,59+,60+/m0/s1. The highest BCUT2D eigenvalue weighted by Gasteiger charge is 2.30. The lowest BCUT2D eigenvalue weighted by atomic mass is 9.99. The SMILES string of the molecule is CCCCCCCC(=O)OC[C@H](COP(=O)(O)OC[C@H](O)COP(=O)(O)OC[C@@H](COC(=O)CCCCCCCCCCCCCCC(C)C)OC(=O)CCCCCCCCCCCCCCCCC(C)CC)OC(=O)CCCCCCC. The van der Waals surface area contributed by atoms with E-state index in [0.29, 0.717) is 25.7 Å². The minimum atomic E-state index is -4.94. The molecule has 17 nitrogen and oxygen atoms in total. The smallest absolute Gasteiger partial charge is 0.462 e. The summed E-state index contributed by atoms with van der Waals surface area (Å²) in [6.45, 7) is 9.38. The molecule has 0 aliphatic carbocycles. The Bertz CT molecular complexity index is 1630. The van der Waals surface area contributed by atoms with Gasteiger partial charge in [-0.25, -0.2) is 9.13 Å². The van der Waals surface area contributed by atoms with Crippen LogP contribution < -0.4 is 0 Å². The van der Waals surface area contributed by atoms with Gasteiger partial charge in [0.2, 0.25) is 0 Å². The summed E-state index contributed by atoms with van der Waals surface area (Å²) in [5, 5.41) is 10.5. The van der Waals surface area contributed by atoms with Gasteiger partial charge in [-0.15, -0.1) is 0 Å². The third-order valence-corrected chi connectivity index (χ3v) is 17.0. The number of carbonyl (C=O) groups is 4. The molecular weight excluding hydrogens is 1100 g/mol. The van der Waals surface area contributed by atoms with Crippen molar-refractivity contribution in [1.82, 2.24) is 0 Å². The maximum absolute atomic E-state index is 13.0. The summed E-state index contributed by atoms with van der Waals surface area (Å²) >= 11 is 0. The molecule has 0 saturated heterocycles. The van der Waals surface area contributed by atoms with Crippen LogP contribution in [0.25, 0.3) is 0 Å². The van der Waals surface area contributed by atoms with E-state index in [4.69, 9.17) is 37.0 Å². The van der Waals surface area contributed by atoms with Crippen LogP contribution in [0.1, 0.15) is 318 Å². The van der Waals surface area contributed by atoms with Crippen LogP contribution in [0.4, 0.5) is 0 Å². The molecule has 6 atom stereocenters. The Balaban J connectivity index is 5.10. The second kappa shape index (κ2) is 56.6. The Labute approximate surface area is 505 Å². The largest absolute Gasteiger partial charge is 0.472 e. The van der Waals surface area contributed by atoms with Crippen molar-refractivity contribution >= 4 is 39.5 Å². The molecule has 0 bridgehead atoms. The number of rotatable bonds is 63. The highest BCUT2D eigenvalue weighted by molar-refractivity contribution is 7.47. The molecule has 0 aliphatic rings. The second-order valence-electron chi connectivity index (χ2n) is 23.9. The molecule has 0 aromatic carbocycles. The molecule has 0 aliphatic heterocycles. The van der Waals surface area contributed by atoms with Crippen LogP contribution in [0.15, 0.2) is 0 Å². The summed E-state index contributed by atoms with van der Waals surface area (Å²) < 4.78 is 67.6. The van der Waals surface area contributed by atoms with Crippen molar-refractivity contribution in [1.29, 1.82) is 0 Å². The lowest BCUT2D eigenvalue weighted by molar-refractivity contribution is -0.161. The maximum Gasteiger partial charge on any atom is 0.472 e. The molecule has 0 saturated carbocycles. The zero-order valence-corrected chi connectivity index (χ0v) is 55.3. The van der Waals surface area contributed by atoms with E-state index in [2.05, 4.69) is 41.5 Å². The van der Waals surface area contributed by atoms with Crippen LogP contribution in [0.5, 0.6) is 0 Å². The second-order valence-corrected chi connectivity index (χ2v) is 26.8. The third kappa shape index (κ3) is 57.6. The summed E-state index contributed by atoms with van der Waals surface area (Å²) in [5.74, 6) is -0.528. The van der Waals surface area contributed by atoms with E-state index < -0.39 is 97.5 Å². The Kier molecular flexibility index (Phi) is 55.2. The summed E-state index contributed by atoms with van der Waals surface area (Å²) in [5.41, 5.74) is 0. The highest BCUT2D eigenvalue weighted by atomic mass is 31.2. The first kappa shape index (κ1) is 81.1. The van der Waals surface area contributed by atoms with Crippen molar-refractivity contribution < 1.29 is 80.2 Å². The molecule has 0 radical (unpaired) electrons. The molecule has 0 amide bonds. The van der Waals surface area contributed by atoms with Crippen molar-refractivity contribution in [2.75, 3.05) is 39.6 Å². The average molecular weight is 1230 g/mol. The van der Waals surface area contributed by atoms with Crippen molar-refractivity contribution in [3.8, 4) is 0 Å². The van der Waals surface area contributed by atoms with E-state index in [9.17, 15) is 43.2 Å². The topological polar surface area (TPSA) is 237 Å². The lowest BCUT2D eigenvalue weighted by Gasteiger charge is -2.21. The average Bonchev–Trinajstić information content (AvgIpc) is 3.46. The summed E-state index contributed by atoms with van der Waals surface area (Å²) in [7, 11) is -9.87. The number of unbranched alkanes of at least 4 members (excludes halogenated alkanes) is 32. The van der Waals surface area contributed by atoms with Gasteiger partial charge in [-0.2, -0.15) is 0 Å². The third-order valence-electron chi connectivity index (χ3n) is 15.1. The minimum Gasteiger partial charge on any atom is -0.462 e. The molecule has 0 heterocycles. The van der Waals surface area contributed by atoms with Gasteiger partial charge in [0.15, 0.2) is 12.2 Å². The molecule has 83 heavy (non-hydrogen) atoms. The summed E-state index contributed by atoms with van der Waals surface area (Å²) in [6, 6.07) is 0. The Morgan fingerprint density at radius 2 is 0.614 bits per heavy atom. The first-order chi connectivity index (χ1) is 39.9. The molecule has 19 heteroatoms. The molecule has 0 aromatic rings. The number of carbonyl (C=O) groups excluding carboxylic acids is 4. The maximum atomic E-state index is 13.0. The molecule has 0 rings (SSSR count). The van der Waals surface area contributed by atoms with Crippen LogP contribution >= 0.6 is 15.6 Å². The minimum absolute atomic E-state index is 0.0987. The molecule has 492 valence electrons. The first-order valence-corrected chi connectivity index (χ1v) is 36.5. The van der Waals surface area contributed by atoms with E-state index in [0.717, 1.165) is 108 Å².